The summed E-state index contributed by atoms with van der Waals surface area (Å²) < 4.78 is 6.44. The van der Waals surface area contributed by atoms with Gasteiger partial charge in [-0.1, -0.05) is 25.1 Å². The van der Waals surface area contributed by atoms with Gasteiger partial charge in [0.1, 0.15) is 13.2 Å². The minimum absolute atomic E-state index is 0.112. The lowest BCUT2D eigenvalue weighted by atomic mass is 9.93. The maximum atomic E-state index is 12.9. The first kappa shape index (κ1) is 17.5. The molecular formula is C19H22N4O4. The molecule has 8 nitrogen and oxygen atoms in total. The number of carbonyl (C=O) groups excluding carboxylic acids is 2. The van der Waals surface area contributed by atoms with Crippen molar-refractivity contribution in [3.05, 3.63) is 40.3 Å². The van der Waals surface area contributed by atoms with Crippen molar-refractivity contribution in [1.29, 1.82) is 0 Å². The molecule has 142 valence electrons. The lowest BCUT2D eigenvalue weighted by Gasteiger charge is -2.44. The molecule has 2 amide bonds. The molecule has 0 radical (unpaired) electrons. The number of hydrogen-bond donors (Lipinski definition) is 0. The Morgan fingerprint density at radius 1 is 1.22 bits per heavy atom. The van der Waals surface area contributed by atoms with Crippen molar-refractivity contribution in [2.45, 2.75) is 32.4 Å². The van der Waals surface area contributed by atoms with Gasteiger partial charge in [0.15, 0.2) is 0 Å². The van der Waals surface area contributed by atoms with Crippen molar-refractivity contribution in [2.75, 3.05) is 26.2 Å². The third-order valence-electron chi connectivity index (χ3n) is 5.68. The summed E-state index contributed by atoms with van der Waals surface area (Å²) >= 11 is 0. The van der Waals surface area contributed by atoms with Gasteiger partial charge in [-0.2, -0.15) is 5.10 Å². The van der Waals surface area contributed by atoms with E-state index < -0.39 is 5.54 Å². The highest BCUT2D eigenvalue weighted by Gasteiger charge is 2.50. The van der Waals surface area contributed by atoms with E-state index in [-0.39, 0.29) is 24.1 Å². The van der Waals surface area contributed by atoms with E-state index in [1.807, 2.05) is 26.0 Å². The predicted molar refractivity (Wildman–Crippen MR) is 98.4 cm³/mol. The van der Waals surface area contributed by atoms with E-state index in [2.05, 4.69) is 5.10 Å². The molecule has 4 rings (SSSR count). The van der Waals surface area contributed by atoms with Gasteiger partial charge < -0.3 is 9.64 Å². The second-order valence-corrected chi connectivity index (χ2v) is 7.19. The maximum Gasteiger partial charge on any atom is 0.410 e. The molecule has 0 saturated carbocycles. The second kappa shape index (κ2) is 6.37. The van der Waals surface area contributed by atoms with Crippen molar-refractivity contribution in [2.24, 2.45) is 0 Å². The fourth-order valence-electron chi connectivity index (χ4n) is 4.02. The molecule has 0 aliphatic carbocycles. The van der Waals surface area contributed by atoms with Crippen molar-refractivity contribution < 1.29 is 14.3 Å². The number of amides is 2. The van der Waals surface area contributed by atoms with Crippen LogP contribution in [0.3, 0.4) is 0 Å². The molecular weight excluding hydrogens is 348 g/mol. The van der Waals surface area contributed by atoms with E-state index in [4.69, 9.17) is 4.74 Å². The van der Waals surface area contributed by atoms with Gasteiger partial charge in [-0.15, -0.1) is 0 Å². The van der Waals surface area contributed by atoms with E-state index in [1.54, 1.807) is 21.9 Å². The molecule has 2 saturated heterocycles. The number of fused-ring (bicyclic) bond motifs is 2. The van der Waals surface area contributed by atoms with E-state index in [1.165, 1.54) is 4.68 Å². The third kappa shape index (κ3) is 2.75. The van der Waals surface area contributed by atoms with Gasteiger partial charge >= 0.3 is 6.09 Å². The zero-order chi connectivity index (χ0) is 19.2. The van der Waals surface area contributed by atoms with Crippen LogP contribution in [-0.4, -0.2) is 63.4 Å². The number of nitrogens with zero attached hydrogens (tertiary/aromatic N) is 4. The molecule has 1 aromatic heterocycles. The van der Waals surface area contributed by atoms with E-state index in [9.17, 15) is 14.4 Å². The summed E-state index contributed by atoms with van der Waals surface area (Å²) in [5, 5.41) is 5.67. The molecule has 0 bridgehead atoms. The SMILES string of the molecule is CCC12COC(=O)N1CCN(C(=O)Cn1nc(C)c3ccccc3c1=O)C2. The fourth-order valence-corrected chi connectivity index (χ4v) is 4.02. The van der Waals surface area contributed by atoms with Crippen LogP contribution in [0.25, 0.3) is 10.8 Å². The zero-order valence-corrected chi connectivity index (χ0v) is 15.5. The number of carbonyl (C=O) groups is 2. The van der Waals surface area contributed by atoms with Crippen LogP contribution in [0.15, 0.2) is 29.1 Å². The highest BCUT2D eigenvalue weighted by atomic mass is 16.6. The molecule has 0 N–H and O–H groups in total. The zero-order valence-electron chi connectivity index (χ0n) is 15.5. The van der Waals surface area contributed by atoms with Gasteiger partial charge in [0.25, 0.3) is 5.56 Å². The quantitative estimate of drug-likeness (QED) is 0.809. The molecule has 1 atom stereocenters. The Hall–Kier alpha value is -2.90. The van der Waals surface area contributed by atoms with Gasteiger partial charge in [0.2, 0.25) is 5.91 Å². The van der Waals surface area contributed by atoms with Crippen molar-refractivity contribution >= 4 is 22.8 Å². The predicted octanol–water partition coefficient (Wildman–Crippen LogP) is 1.15. The van der Waals surface area contributed by atoms with Crippen LogP contribution in [0.2, 0.25) is 0 Å². The second-order valence-electron chi connectivity index (χ2n) is 7.19. The molecule has 2 fully saturated rings. The van der Waals surface area contributed by atoms with Gasteiger partial charge in [-0.25, -0.2) is 9.48 Å². The number of rotatable bonds is 3. The molecule has 0 spiro atoms. The average molecular weight is 370 g/mol. The smallest absolute Gasteiger partial charge is 0.410 e. The largest absolute Gasteiger partial charge is 0.447 e. The summed E-state index contributed by atoms with van der Waals surface area (Å²) in [6.07, 6.45) is 0.391. The van der Waals surface area contributed by atoms with Crippen molar-refractivity contribution in [3.63, 3.8) is 0 Å². The van der Waals surface area contributed by atoms with Crippen molar-refractivity contribution in [1.82, 2.24) is 19.6 Å². The normalized spacial score (nSPS) is 22.1. The minimum atomic E-state index is -0.470. The van der Waals surface area contributed by atoms with Crippen LogP contribution in [0, 0.1) is 6.92 Å². The van der Waals surface area contributed by atoms with Crippen LogP contribution >= 0.6 is 0 Å². The summed E-state index contributed by atoms with van der Waals surface area (Å²) in [4.78, 5) is 40.9. The standard InChI is InChI=1S/C19H22N4O4/c1-3-19-11-21(8-9-22(19)18(26)27-12-19)16(24)10-23-17(25)15-7-5-4-6-14(15)13(2)20-23/h4-7H,3,8-12H2,1-2H3. The van der Waals surface area contributed by atoms with Gasteiger partial charge in [0.05, 0.1) is 16.6 Å². The van der Waals surface area contributed by atoms with Crippen LogP contribution in [0.4, 0.5) is 4.79 Å². The fraction of sp³-hybridized carbons (Fsp3) is 0.474. The first-order chi connectivity index (χ1) is 12.9. The molecule has 1 unspecified atom stereocenters. The Morgan fingerprint density at radius 2 is 1.96 bits per heavy atom. The third-order valence-corrected chi connectivity index (χ3v) is 5.68. The van der Waals surface area contributed by atoms with Crippen LogP contribution in [0.5, 0.6) is 0 Å². The monoisotopic (exact) mass is 370 g/mol. The highest BCUT2D eigenvalue weighted by Crippen LogP contribution is 2.31. The van der Waals surface area contributed by atoms with Gasteiger partial charge in [-0.05, 0) is 19.4 Å². The van der Waals surface area contributed by atoms with Gasteiger partial charge in [-0.3, -0.25) is 14.5 Å². The number of hydrogen-bond acceptors (Lipinski definition) is 5. The van der Waals surface area contributed by atoms with E-state index in [0.29, 0.717) is 43.7 Å². The molecule has 3 heterocycles. The molecule has 2 aromatic rings. The number of aromatic nitrogens is 2. The Balaban J connectivity index is 1.58. The Morgan fingerprint density at radius 3 is 2.70 bits per heavy atom. The number of ether oxygens (including phenoxy) is 1. The van der Waals surface area contributed by atoms with E-state index in [0.717, 1.165) is 5.39 Å². The topological polar surface area (TPSA) is 84.7 Å². The lowest BCUT2D eigenvalue weighted by Crippen LogP contribution is -2.62. The minimum Gasteiger partial charge on any atom is -0.447 e. The summed E-state index contributed by atoms with van der Waals surface area (Å²) in [5.41, 5.74) is -0.0294. The Bertz CT molecular complexity index is 985. The number of cyclic esters (lactones) is 1. The number of piperazine rings is 1. The summed E-state index contributed by atoms with van der Waals surface area (Å²) in [6.45, 7) is 5.28. The van der Waals surface area contributed by atoms with Crippen LogP contribution in [-0.2, 0) is 16.1 Å². The molecule has 1 aromatic carbocycles. The maximum absolute atomic E-state index is 12.9. The first-order valence-corrected chi connectivity index (χ1v) is 9.14. The summed E-state index contributed by atoms with van der Waals surface area (Å²) in [5.74, 6) is -0.175. The highest BCUT2D eigenvalue weighted by molar-refractivity contribution is 5.84. The van der Waals surface area contributed by atoms with Crippen LogP contribution in [0.1, 0.15) is 19.0 Å². The summed E-state index contributed by atoms with van der Waals surface area (Å²) in [7, 11) is 0. The lowest BCUT2D eigenvalue weighted by molar-refractivity contribution is -0.136. The Labute approximate surface area is 156 Å². The Kier molecular flexibility index (Phi) is 4.13. The van der Waals surface area contributed by atoms with Crippen molar-refractivity contribution in [3.8, 4) is 0 Å². The first-order valence-electron chi connectivity index (χ1n) is 9.14. The number of aryl methyl sites for hydroxylation is 1. The molecule has 8 heteroatoms. The number of benzene rings is 1. The van der Waals surface area contributed by atoms with Crippen LogP contribution < -0.4 is 5.56 Å². The summed E-state index contributed by atoms with van der Waals surface area (Å²) in [6, 6.07) is 7.27. The van der Waals surface area contributed by atoms with E-state index >= 15 is 0 Å². The molecule has 2 aliphatic rings. The molecule has 27 heavy (non-hydrogen) atoms. The molecule has 2 aliphatic heterocycles. The average Bonchev–Trinajstić information content (AvgIpc) is 3.02. The van der Waals surface area contributed by atoms with Gasteiger partial charge in [0, 0.05) is 25.0 Å².